The molecule has 0 saturated heterocycles. The Balaban J connectivity index is -0.000000272. The minimum absolute atomic E-state index is 0. The summed E-state index contributed by atoms with van der Waals surface area (Å²) in [7, 11) is 3.60. The highest BCUT2D eigenvalue weighted by Gasteiger charge is 2.04. The molecule has 0 spiro atoms. The summed E-state index contributed by atoms with van der Waals surface area (Å²) < 4.78 is 32.5. The van der Waals surface area contributed by atoms with Crippen molar-refractivity contribution in [3.05, 3.63) is 23.5 Å². The van der Waals surface area contributed by atoms with Gasteiger partial charge in [0.2, 0.25) is 0 Å². The van der Waals surface area contributed by atoms with Crippen molar-refractivity contribution in [1.82, 2.24) is 4.98 Å². The maximum Gasteiger partial charge on any atom is 0.129 e. The van der Waals surface area contributed by atoms with Gasteiger partial charge in [0.05, 0.1) is 84.1 Å². The van der Waals surface area contributed by atoms with Gasteiger partial charge < -0.3 is 43.4 Å². The first kappa shape index (κ1) is 55.5. The largest absolute Gasteiger partial charge is 0.491 e. The van der Waals surface area contributed by atoms with Crippen LogP contribution in [-0.2, 0) is 41.7 Å². The molecule has 10 nitrogen and oxygen atoms in total. The Bertz CT molecular complexity index is 697. The molecule has 2 N–H and O–H groups in total. The lowest BCUT2D eigenvalue weighted by Crippen LogP contribution is -2.14. The molecule has 1 atom stereocenters. The summed E-state index contributed by atoms with van der Waals surface area (Å²) in [5.74, 6) is 0.844. The van der Waals surface area contributed by atoms with E-state index in [1.807, 2.05) is 38.5 Å². The van der Waals surface area contributed by atoms with Crippen molar-refractivity contribution in [2.75, 3.05) is 78.9 Å². The van der Waals surface area contributed by atoms with Crippen LogP contribution in [0.5, 0.6) is 5.75 Å². The normalized spacial score (nSPS) is 10.3. The van der Waals surface area contributed by atoms with Crippen LogP contribution in [-0.4, -0.2) is 105 Å². The fourth-order valence-corrected chi connectivity index (χ4v) is 4.64. The lowest BCUT2D eigenvalue weighted by molar-refractivity contribution is -0.117. The van der Waals surface area contributed by atoms with E-state index in [4.69, 9.17) is 38.6 Å². The van der Waals surface area contributed by atoms with Crippen LogP contribution in [0.1, 0.15) is 107 Å². The molecule has 284 valence electrons. The molecule has 0 aromatic carbocycles. The lowest BCUT2D eigenvalue weighted by Gasteiger charge is -2.10. The van der Waals surface area contributed by atoms with Crippen LogP contribution < -0.4 is 4.74 Å². The molecule has 47 heavy (non-hydrogen) atoms. The summed E-state index contributed by atoms with van der Waals surface area (Å²) >= 11 is 0. The van der Waals surface area contributed by atoms with Crippen molar-refractivity contribution >= 4 is 27.4 Å². The number of hydrogen-bond donors (Lipinski definition) is 2. The highest BCUT2D eigenvalue weighted by Crippen LogP contribution is 2.26. The van der Waals surface area contributed by atoms with E-state index in [1.165, 1.54) is 6.42 Å². The molecule has 1 rings (SSSR count). The van der Waals surface area contributed by atoms with Gasteiger partial charge in [0.1, 0.15) is 18.1 Å². The Kier molecular flexibility index (Phi) is 58.3. The summed E-state index contributed by atoms with van der Waals surface area (Å²) in [4.78, 5) is 14.6. The Labute approximate surface area is 297 Å². The zero-order chi connectivity index (χ0) is 35.7. The molecule has 0 saturated carbocycles. The predicted octanol–water partition coefficient (Wildman–Crippen LogP) is 7.80. The van der Waals surface area contributed by atoms with Crippen molar-refractivity contribution in [1.29, 1.82) is 0 Å². The van der Waals surface area contributed by atoms with Crippen LogP contribution in [0.25, 0.3) is 0 Å². The van der Waals surface area contributed by atoms with Gasteiger partial charge in [0, 0.05) is 30.4 Å². The number of carbonyl (C=O) groups excluding carboxylic acids is 1. The van der Waals surface area contributed by atoms with Crippen LogP contribution in [0.2, 0.25) is 0 Å². The van der Waals surface area contributed by atoms with Gasteiger partial charge in [-0.25, -0.2) is 0 Å². The number of ether oxygens (including phenoxy) is 6. The first-order chi connectivity index (χ1) is 22.4. The average molecular weight is 716 g/mol. The first-order valence-electron chi connectivity index (χ1n) is 16.8. The van der Waals surface area contributed by atoms with E-state index in [1.54, 1.807) is 29.9 Å². The third-order valence-corrected chi connectivity index (χ3v) is 7.04. The lowest BCUT2D eigenvalue weighted by atomic mass is 10.2. The van der Waals surface area contributed by atoms with Crippen LogP contribution in [0, 0.1) is 0 Å². The number of carbonyl (C=O) groups is 1. The summed E-state index contributed by atoms with van der Waals surface area (Å²) in [6.07, 6.45) is 6.08. The van der Waals surface area contributed by atoms with Gasteiger partial charge in [-0.1, -0.05) is 90.8 Å². The van der Waals surface area contributed by atoms with Gasteiger partial charge in [0.15, 0.2) is 0 Å². The second-order valence-electron chi connectivity index (χ2n) is 9.03. The Morgan fingerprint density at radius 3 is 1.43 bits per heavy atom. The molecule has 1 aromatic heterocycles. The molecular formula is C35H73NO9S2. The molecular weight excluding hydrogens is 643 g/mol. The zero-order valence-corrected chi connectivity index (χ0v) is 32.4. The van der Waals surface area contributed by atoms with Gasteiger partial charge in [-0.15, -0.1) is 0 Å². The van der Waals surface area contributed by atoms with Gasteiger partial charge in [-0.3, -0.25) is 4.98 Å². The van der Waals surface area contributed by atoms with Gasteiger partial charge in [-0.2, -0.15) is 0 Å². The molecule has 0 bridgehead atoms. The molecule has 0 aliphatic rings. The number of aliphatic hydroxyl groups is 2. The number of ketones is 1. The zero-order valence-electron chi connectivity index (χ0n) is 30.8. The molecule has 1 aromatic rings. The Morgan fingerprint density at radius 2 is 1.11 bits per heavy atom. The predicted molar refractivity (Wildman–Crippen MR) is 202 cm³/mol. The minimum atomic E-state index is -0.206. The van der Waals surface area contributed by atoms with E-state index in [0.717, 1.165) is 25.9 Å². The van der Waals surface area contributed by atoms with Gasteiger partial charge in [0.25, 0.3) is 0 Å². The summed E-state index contributed by atoms with van der Waals surface area (Å²) in [5, 5.41) is 18.9. The molecule has 0 aliphatic heterocycles. The SMILES string of the molecule is C.CC.CC.CCC.CCCOCCOCCOCCOCCOCCOc1cc(CO)nc(CO)c1.CSSC(C)CCC(C)=O. The molecule has 12 heteroatoms. The number of hydrogen-bond acceptors (Lipinski definition) is 12. The van der Waals surface area contributed by atoms with E-state index >= 15 is 0 Å². The third-order valence-electron chi connectivity index (χ3n) is 4.73. The van der Waals surface area contributed by atoms with E-state index in [2.05, 4.69) is 38.9 Å². The van der Waals surface area contributed by atoms with Crippen molar-refractivity contribution in [2.45, 2.75) is 114 Å². The Morgan fingerprint density at radius 1 is 0.745 bits per heavy atom. The van der Waals surface area contributed by atoms with Gasteiger partial charge in [-0.05, 0) is 26.0 Å². The van der Waals surface area contributed by atoms with E-state index in [9.17, 15) is 4.79 Å². The van der Waals surface area contributed by atoms with Gasteiger partial charge >= 0.3 is 0 Å². The van der Waals surface area contributed by atoms with Crippen molar-refractivity contribution in [3.63, 3.8) is 0 Å². The van der Waals surface area contributed by atoms with Crippen molar-refractivity contribution in [3.8, 4) is 5.75 Å². The second-order valence-corrected chi connectivity index (χ2v) is 11.9. The molecule has 0 aliphatic carbocycles. The van der Waals surface area contributed by atoms with E-state index < -0.39 is 0 Å². The minimum Gasteiger partial charge on any atom is -0.491 e. The maximum atomic E-state index is 10.5. The second kappa shape index (κ2) is 49.4. The fraction of sp³-hybridized carbons (Fsp3) is 0.829. The number of aliphatic hydroxyl groups excluding tert-OH is 2. The number of Topliss-reactive ketones (excluding diaryl/α,β-unsaturated/α-hetero) is 1. The first-order valence-corrected chi connectivity index (χ1v) is 19.4. The molecule has 0 fully saturated rings. The van der Waals surface area contributed by atoms with Crippen LogP contribution in [0.3, 0.4) is 0 Å². The monoisotopic (exact) mass is 715 g/mol. The molecule has 1 heterocycles. The van der Waals surface area contributed by atoms with Crippen molar-refractivity contribution in [2.24, 2.45) is 0 Å². The molecule has 0 radical (unpaired) electrons. The van der Waals surface area contributed by atoms with E-state index in [0.29, 0.717) is 94.2 Å². The standard InChI is InChI=1S/C20H35NO8.C7H14OS2.C3H8.2C2H6.CH4/c1-2-3-24-4-5-25-6-7-26-8-9-27-10-11-28-12-13-29-20-14-18(16-22)21-19(15-20)17-23;1-6(8)4-5-7(2)10-9-3;1-3-2;2*1-2;/h14-15,22-23H,2-13,16-17H2,1H3;7H,4-5H2,1-3H3;3H2,1-2H3;2*1-2H3;1H4. The van der Waals surface area contributed by atoms with Crippen molar-refractivity contribution < 1.29 is 43.4 Å². The number of aromatic nitrogens is 1. The smallest absolute Gasteiger partial charge is 0.129 e. The summed E-state index contributed by atoms with van der Waals surface area (Å²) in [6.45, 7) is 23.5. The summed E-state index contributed by atoms with van der Waals surface area (Å²) in [5.41, 5.74) is 0.909. The maximum absolute atomic E-state index is 10.5. The quantitative estimate of drug-likeness (QED) is 0.0758. The highest BCUT2D eigenvalue weighted by atomic mass is 33.1. The number of pyridine rings is 1. The third kappa shape index (κ3) is 47.2. The Hall–Kier alpha value is -0.960. The number of nitrogens with zero attached hydrogens (tertiary/aromatic N) is 1. The fourth-order valence-electron chi connectivity index (χ4n) is 2.83. The average Bonchev–Trinajstić information content (AvgIpc) is 3.07. The number of rotatable bonds is 25. The molecule has 1 unspecified atom stereocenters. The highest BCUT2D eigenvalue weighted by molar-refractivity contribution is 8.76. The topological polar surface area (TPSA) is 126 Å². The van der Waals surface area contributed by atoms with Crippen LogP contribution >= 0.6 is 21.6 Å². The molecule has 0 amide bonds. The van der Waals surface area contributed by atoms with E-state index in [-0.39, 0.29) is 20.6 Å². The summed E-state index contributed by atoms with van der Waals surface area (Å²) in [6, 6.07) is 3.26. The van der Waals surface area contributed by atoms with Crippen LogP contribution in [0.4, 0.5) is 0 Å². The van der Waals surface area contributed by atoms with Crippen LogP contribution in [0.15, 0.2) is 12.1 Å².